The highest BCUT2D eigenvalue weighted by Gasteiger charge is 2.17. The highest BCUT2D eigenvalue weighted by atomic mass is 32.1. The van der Waals surface area contributed by atoms with Crippen molar-refractivity contribution in [3.05, 3.63) is 36.0 Å². The van der Waals surface area contributed by atoms with Crippen molar-refractivity contribution in [2.24, 2.45) is 0 Å². The molecule has 0 fully saturated rings. The number of carbonyl (C=O) groups is 1. The molecule has 3 heterocycles. The maximum atomic E-state index is 11.8. The van der Waals surface area contributed by atoms with Crippen molar-refractivity contribution in [2.75, 3.05) is 5.32 Å². The summed E-state index contributed by atoms with van der Waals surface area (Å²) in [6, 6.07) is 5.90. The number of carbonyl (C=O) groups excluding carboxylic acids is 1. The first kappa shape index (κ1) is 14.6. The first-order valence-electron chi connectivity index (χ1n) is 6.93. The molecule has 5 nitrogen and oxygen atoms in total. The van der Waals surface area contributed by atoms with Gasteiger partial charge in [-0.3, -0.25) is 5.32 Å². The number of aromatic nitrogens is 2. The lowest BCUT2D eigenvalue weighted by Gasteiger charge is -2.19. The Morgan fingerprint density at radius 2 is 2.18 bits per heavy atom. The summed E-state index contributed by atoms with van der Waals surface area (Å²) >= 11 is 1.47. The van der Waals surface area contributed by atoms with Gasteiger partial charge in [0.25, 0.3) is 0 Å². The smallest absolute Gasteiger partial charge is 0.412 e. The lowest BCUT2D eigenvalue weighted by Crippen LogP contribution is -2.26. The van der Waals surface area contributed by atoms with Gasteiger partial charge in [0.2, 0.25) is 0 Å². The second-order valence-electron chi connectivity index (χ2n) is 5.92. The van der Waals surface area contributed by atoms with Gasteiger partial charge in [0.15, 0.2) is 0 Å². The first-order chi connectivity index (χ1) is 10.4. The van der Waals surface area contributed by atoms with E-state index in [0.717, 1.165) is 27.2 Å². The maximum Gasteiger partial charge on any atom is 0.412 e. The zero-order valence-corrected chi connectivity index (χ0v) is 13.5. The fourth-order valence-electron chi connectivity index (χ4n) is 2.16. The highest BCUT2D eigenvalue weighted by Crippen LogP contribution is 2.33. The van der Waals surface area contributed by atoms with Gasteiger partial charge < -0.3 is 9.72 Å². The number of pyridine rings is 1. The number of nitrogens with one attached hydrogen (secondary N) is 2. The molecule has 3 aromatic rings. The molecule has 0 saturated heterocycles. The van der Waals surface area contributed by atoms with Crippen LogP contribution in [0.5, 0.6) is 0 Å². The summed E-state index contributed by atoms with van der Waals surface area (Å²) in [6.45, 7) is 5.52. The van der Waals surface area contributed by atoms with Crippen molar-refractivity contribution in [2.45, 2.75) is 26.4 Å². The van der Waals surface area contributed by atoms with Crippen LogP contribution in [0.4, 0.5) is 9.80 Å². The number of fused-ring (bicyclic) bond motifs is 1. The summed E-state index contributed by atoms with van der Waals surface area (Å²) in [5, 5.41) is 6.59. The number of anilines is 1. The second kappa shape index (κ2) is 5.46. The van der Waals surface area contributed by atoms with E-state index in [2.05, 4.69) is 15.3 Å². The van der Waals surface area contributed by atoms with E-state index in [9.17, 15) is 4.79 Å². The third-order valence-corrected chi connectivity index (χ3v) is 3.84. The van der Waals surface area contributed by atoms with Crippen LogP contribution >= 0.6 is 11.3 Å². The third kappa shape index (κ3) is 3.12. The molecule has 0 spiro atoms. The van der Waals surface area contributed by atoms with Crippen LogP contribution < -0.4 is 5.32 Å². The van der Waals surface area contributed by atoms with E-state index >= 15 is 0 Å². The molecule has 114 valence electrons. The number of nitrogens with zero attached hydrogens (tertiary/aromatic N) is 1. The Balaban J connectivity index is 1.82. The fourth-order valence-corrected chi connectivity index (χ4v) is 2.95. The SMILES string of the molecule is CC(C)(C)OC(=O)Nc1cc(-c2ccnc3[nH]ccc23)cs1. The van der Waals surface area contributed by atoms with Crippen LogP contribution in [-0.4, -0.2) is 21.7 Å². The van der Waals surface area contributed by atoms with Crippen molar-refractivity contribution in [3.63, 3.8) is 0 Å². The van der Waals surface area contributed by atoms with Gasteiger partial charge in [-0.15, -0.1) is 11.3 Å². The van der Waals surface area contributed by atoms with Crippen LogP contribution in [0.15, 0.2) is 36.0 Å². The van der Waals surface area contributed by atoms with Gasteiger partial charge in [-0.25, -0.2) is 9.78 Å². The molecular weight excluding hydrogens is 298 g/mol. The van der Waals surface area contributed by atoms with Crippen molar-refractivity contribution >= 4 is 33.5 Å². The Morgan fingerprint density at radius 3 is 2.95 bits per heavy atom. The second-order valence-corrected chi connectivity index (χ2v) is 6.84. The van der Waals surface area contributed by atoms with E-state index in [1.54, 1.807) is 6.20 Å². The van der Waals surface area contributed by atoms with Crippen molar-refractivity contribution < 1.29 is 9.53 Å². The maximum absolute atomic E-state index is 11.8. The number of thiophene rings is 1. The Labute approximate surface area is 132 Å². The molecule has 0 aliphatic carbocycles. The molecule has 0 radical (unpaired) electrons. The van der Waals surface area contributed by atoms with E-state index in [1.165, 1.54) is 11.3 Å². The summed E-state index contributed by atoms with van der Waals surface area (Å²) in [7, 11) is 0. The summed E-state index contributed by atoms with van der Waals surface area (Å²) < 4.78 is 5.26. The number of amides is 1. The minimum absolute atomic E-state index is 0.442. The summed E-state index contributed by atoms with van der Waals surface area (Å²) in [5.41, 5.74) is 2.47. The first-order valence-corrected chi connectivity index (χ1v) is 7.81. The van der Waals surface area contributed by atoms with E-state index in [-0.39, 0.29) is 0 Å². The van der Waals surface area contributed by atoms with Gasteiger partial charge in [-0.05, 0) is 50.1 Å². The van der Waals surface area contributed by atoms with Gasteiger partial charge in [-0.1, -0.05) is 0 Å². The van der Waals surface area contributed by atoms with E-state index in [0.29, 0.717) is 0 Å². The lowest BCUT2D eigenvalue weighted by molar-refractivity contribution is 0.0636. The zero-order valence-electron chi connectivity index (χ0n) is 12.6. The predicted octanol–water partition coefficient (Wildman–Crippen LogP) is 4.64. The van der Waals surface area contributed by atoms with Crippen molar-refractivity contribution in [1.29, 1.82) is 0 Å². The molecule has 0 aromatic carbocycles. The predicted molar refractivity (Wildman–Crippen MR) is 89.3 cm³/mol. The van der Waals surface area contributed by atoms with E-state index in [4.69, 9.17) is 4.74 Å². The minimum Gasteiger partial charge on any atom is -0.444 e. The van der Waals surface area contributed by atoms with Gasteiger partial charge in [0, 0.05) is 23.2 Å². The standard InChI is InChI=1S/C16H17N3O2S/c1-16(2,3)21-15(20)19-13-8-10(9-22-13)11-4-6-17-14-12(11)5-7-18-14/h4-9H,1-3H3,(H,17,18)(H,19,20). The minimum atomic E-state index is -0.507. The average Bonchev–Trinajstić information content (AvgIpc) is 3.04. The Kier molecular flexibility index (Phi) is 3.62. The van der Waals surface area contributed by atoms with Gasteiger partial charge in [0.1, 0.15) is 11.2 Å². The third-order valence-electron chi connectivity index (χ3n) is 2.99. The van der Waals surface area contributed by atoms with Crippen LogP contribution in [0.25, 0.3) is 22.2 Å². The number of H-pyrrole nitrogens is 1. The van der Waals surface area contributed by atoms with Crippen molar-refractivity contribution in [3.8, 4) is 11.1 Å². The van der Waals surface area contributed by atoms with E-state index in [1.807, 2.05) is 50.5 Å². The Hall–Kier alpha value is -2.34. The van der Waals surface area contributed by atoms with Gasteiger partial charge in [0.05, 0.1) is 5.00 Å². The molecule has 3 rings (SSSR count). The van der Waals surface area contributed by atoms with Crippen LogP contribution in [0, 0.1) is 0 Å². The molecule has 6 heteroatoms. The molecule has 0 saturated carbocycles. The normalized spacial score (nSPS) is 11.6. The largest absolute Gasteiger partial charge is 0.444 e. The molecule has 22 heavy (non-hydrogen) atoms. The molecule has 3 aromatic heterocycles. The number of ether oxygens (including phenoxy) is 1. The summed E-state index contributed by atoms with van der Waals surface area (Å²) in [6.07, 6.45) is 3.20. The molecular formula is C16H17N3O2S. The van der Waals surface area contributed by atoms with Gasteiger partial charge in [-0.2, -0.15) is 0 Å². The van der Waals surface area contributed by atoms with Crippen LogP contribution in [-0.2, 0) is 4.74 Å². The fraction of sp³-hybridized carbons (Fsp3) is 0.250. The zero-order chi connectivity index (χ0) is 15.7. The molecule has 0 aliphatic rings. The van der Waals surface area contributed by atoms with Crippen molar-refractivity contribution in [1.82, 2.24) is 9.97 Å². The molecule has 0 aliphatic heterocycles. The molecule has 1 amide bonds. The number of aromatic amines is 1. The van der Waals surface area contributed by atoms with Crippen LogP contribution in [0.3, 0.4) is 0 Å². The highest BCUT2D eigenvalue weighted by molar-refractivity contribution is 7.14. The Morgan fingerprint density at radius 1 is 1.36 bits per heavy atom. The quantitative estimate of drug-likeness (QED) is 0.724. The molecule has 0 atom stereocenters. The monoisotopic (exact) mass is 315 g/mol. The number of hydrogen-bond donors (Lipinski definition) is 2. The topological polar surface area (TPSA) is 67.0 Å². The number of rotatable bonds is 2. The lowest BCUT2D eigenvalue weighted by atomic mass is 10.1. The Bertz CT molecular complexity index is 814. The molecule has 2 N–H and O–H groups in total. The number of hydrogen-bond acceptors (Lipinski definition) is 4. The van der Waals surface area contributed by atoms with E-state index < -0.39 is 11.7 Å². The average molecular weight is 315 g/mol. The van der Waals surface area contributed by atoms with Gasteiger partial charge >= 0.3 is 6.09 Å². The molecule has 0 unspecified atom stereocenters. The van der Waals surface area contributed by atoms with Crippen LogP contribution in [0.2, 0.25) is 0 Å². The van der Waals surface area contributed by atoms with Crippen LogP contribution in [0.1, 0.15) is 20.8 Å². The summed E-state index contributed by atoms with van der Waals surface area (Å²) in [5.74, 6) is 0. The molecule has 0 bridgehead atoms. The summed E-state index contributed by atoms with van der Waals surface area (Å²) in [4.78, 5) is 19.2.